The molecule has 0 aliphatic heterocycles. The summed E-state index contributed by atoms with van der Waals surface area (Å²) in [6.45, 7) is 5.69. The van der Waals surface area contributed by atoms with E-state index in [9.17, 15) is 9.59 Å². The lowest BCUT2D eigenvalue weighted by atomic mass is 10.2. The zero-order chi connectivity index (χ0) is 19.3. The molecule has 0 N–H and O–H groups in total. The van der Waals surface area contributed by atoms with Crippen molar-refractivity contribution < 1.29 is 9.59 Å². The van der Waals surface area contributed by atoms with E-state index in [2.05, 4.69) is 0 Å². The SMILES string of the molecule is CC(=O)N(CC(=O)N(Cc1ccccc1)C(C)C)c1cccc(Cl)c1Cl. The third kappa shape index (κ3) is 4.99. The monoisotopic (exact) mass is 392 g/mol. The minimum Gasteiger partial charge on any atom is -0.334 e. The van der Waals surface area contributed by atoms with E-state index in [1.54, 1.807) is 23.1 Å². The van der Waals surface area contributed by atoms with Crippen LogP contribution in [0.4, 0.5) is 5.69 Å². The van der Waals surface area contributed by atoms with Crippen molar-refractivity contribution in [3.63, 3.8) is 0 Å². The van der Waals surface area contributed by atoms with Crippen molar-refractivity contribution in [2.24, 2.45) is 0 Å². The van der Waals surface area contributed by atoms with Gasteiger partial charge in [0.2, 0.25) is 11.8 Å². The number of nitrogens with zero attached hydrogens (tertiary/aromatic N) is 2. The van der Waals surface area contributed by atoms with Crippen LogP contribution in [-0.2, 0) is 16.1 Å². The van der Waals surface area contributed by atoms with Crippen LogP contribution in [0.1, 0.15) is 26.3 Å². The van der Waals surface area contributed by atoms with Crippen molar-refractivity contribution in [2.45, 2.75) is 33.4 Å². The maximum atomic E-state index is 12.9. The van der Waals surface area contributed by atoms with Gasteiger partial charge < -0.3 is 9.80 Å². The Hall–Kier alpha value is -2.04. The minimum atomic E-state index is -0.272. The molecule has 4 nitrogen and oxygen atoms in total. The topological polar surface area (TPSA) is 40.6 Å². The molecule has 0 saturated heterocycles. The van der Waals surface area contributed by atoms with E-state index in [1.165, 1.54) is 11.8 Å². The molecule has 0 aliphatic rings. The van der Waals surface area contributed by atoms with Gasteiger partial charge in [-0.1, -0.05) is 59.6 Å². The highest BCUT2D eigenvalue weighted by Crippen LogP contribution is 2.32. The molecule has 2 amide bonds. The van der Waals surface area contributed by atoms with Crippen molar-refractivity contribution in [2.75, 3.05) is 11.4 Å². The molecule has 2 aromatic carbocycles. The summed E-state index contributed by atoms with van der Waals surface area (Å²) in [5.41, 5.74) is 1.47. The summed E-state index contributed by atoms with van der Waals surface area (Å²) < 4.78 is 0. The lowest BCUT2D eigenvalue weighted by molar-refractivity contribution is -0.133. The van der Waals surface area contributed by atoms with Crippen LogP contribution in [0.25, 0.3) is 0 Å². The van der Waals surface area contributed by atoms with E-state index in [1.807, 2.05) is 44.2 Å². The van der Waals surface area contributed by atoms with Crippen molar-refractivity contribution in [3.05, 3.63) is 64.1 Å². The van der Waals surface area contributed by atoms with Gasteiger partial charge in [-0.25, -0.2) is 0 Å². The summed E-state index contributed by atoms with van der Waals surface area (Å²) in [6, 6.07) is 14.8. The molecule has 0 spiro atoms. The summed E-state index contributed by atoms with van der Waals surface area (Å²) in [4.78, 5) is 28.2. The molecule has 0 fully saturated rings. The van der Waals surface area contributed by atoms with Crippen LogP contribution < -0.4 is 4.90 Å². The van der Waals surface area contributed by atoms with E-state index in [-0.39, 0.29) is 29.4 Å². The third-order valence-electron chi connectivity index (χ3n) is 4.03. The molecule has 0 heterocycles. The van der Waals surface area contributed by atoms with Gasteiger partial charge in [0, 0.05) is 19.5 Å². The molecule has 138 valence electrons. The average molecular weight is 393 g/mol. The van der Waals surface area contributed by atoms with Gasteiger partial charge in [-0.3, -0.25) is 9.59 Å². The van der Waals surface area contributed by atoms with Crippen LogP contribution in [0.15, 0.2) is 48.5 Å². The number of rotatable bonds is 6. The first kappa shape index (κ1) is 20.3. The van der Waals surface area contributed by atoms with E-state index in [0.29, 0.717) is 17.3 Å². The molecule has 0 atom stereocenters. The highest BCUT2D eigenvalue weighted by atomic mass is 35.5. The average Bonchev–Trinajstić information content (AvgIpc) is 2.60. The predicted octanol–water partition coefficient (Wildman–Crippen LogP) is 4.78. The lowest BCUT2D eigenvalue weighted by Gasteiger charge is -2.30. The zero-order valence-corrected chi connectivity index (χ0v) is 16.6. The molecule has 0 aliphatic carbocycles. The van der Waals surface area contributed by atoms with Crippen LogP contribution in [0.5, 0.6) is 0 Å². The minimum absolute atomic E-state index is 0.00801. The van der Waals surface area contributed by atoms with Gasteiger partial charge in [-0.05, 0) is 31.5 Å². The summed E-state index contributed by atoms with van der Waals surface area (Å²) in [5, 5.41) is 0.601. The highest BCUT2D eigenvalue weighted by Gasteiger charge is 2.24. The Kier molecular flexibility index (Phi) is 7.06. The van der Waals surface area contributed by atoms with Gasteiger partial charge in [0.05, 0.1) is 15.7 Å². The Bertz CT molecular complexity index is 779. The molecule has 0 aromatic heterocycles. The van der Waals surface area contributed by atoms with Crippen LogP contribution in [0, 0.1) is 0 Å². The fraction of sp³-hybridized carbons (Fsp3) is 0.300. The van der Waals surface area contributed by atoms with Gasteiger partial charge in [0.25, 0.3) is 0 Å². The Labute approximate surface area is 164 Å². The van der Waals surface area contributed by atoms with Crippen molar-refractivity contribution in [1.82, 2.24) is 4.90 Å². The number of anilines is 1. The van der Waals surface area contributed by atoms with Crippen LogP contribution >= 0.6 is 23.2 Å². The molecule has 0 unspecified atom stereocenters. The Morgan fingerprint density at radius 2 is 1.65 bits per heavy atom. The molecule has 0 bridgehead atoms. The number of amides is 2. The molecule has 6 heteroatoms. The number of carbonyl (C=O) groups excluding carboxylic acids is 2. The maximum Gasteiger partial charge on any atom is 0.243 e. The zero-order valence-electron chi connectivity index (χ0n) is 15.1. The summed E-state index contributed by atoms with van der Waals surface area (Å²) >= 11 is 12.3. The highest BCUT2D eigenvalue weighted by molar-refractivity contribution is 6.44. The van der Waals surface area contributed by atoms with Gasteiger partial charge in [0.1, 0.15) is 6.54 Å². The largest absolute Gasteiger partial charge is 0.334 e. The summed E-state index contributed by atoms with van der Waals surface area (Å²) in [7, 11) is 0. The standard InChI is InChI=1S/C20H22Cl2N2O2/c1-14(2)23(12-16-8-5-4-6-9-16)19(26)13-24(15(3)25)18-11-7-10-17(21)20(18)22/h4-11,14H,12-13H2,1-3H3. The predicted molar refractivity (Wildman–Crippen MR) is 107 cm³/mol. The third-order valence-corrected chi connectivity index (χ3v) is 4.84. The van der Waals surface area contributed by atoms with Gasteiger partial charge in [0.15, 0.2) is 0 Å². The second-order valence-corrected chi connectivity index (χ2v) is 7.06. The molecule has 0 saturated carbocycles. The van der Waals surface area contributed by atoms with Gasteiger partial charge in [-0.15, -0.1) is 0 Å². The fourth-order valence-electron chi connectivity index (χ4n) is 2.63. The van der Waals surface area contributed by atoms with Crippen LogP contribution in [0.3, 0.4) is 0 Å². The normalized spacial score (nSPS) is 10.7. The first-order valence-electron chi connectivity index (χ1n) is 8.36. The van der Waals surface area contributed by atoms with E-state index in [4.69, 9.17) is 23.2 Å². The van der Waals surface area contributed by atoms with E-state index >= 15 is 0 Å². The number of halogens is 2. The molecule has 0 radical (unpaired) electrons. The fourth-order valence-corrected chi connectivity index (χ4v) is 3.03. The maximum absolute atomic E-state index is 12.9. The molecule has 2 rings (SSSR count). The molecule has 26 heavy (non-hydrogen) atoms. The van der Waals surface area contributed by atoms with Gasteiger partial charge in [-0.2, -0.15) is 0 Å². The van der Waals surface area contributed by atoms with Crippen molar-refractivity contribution in [1.29, 1.82) is 0 Å². The second kappa shape index (κ2) is 9.06. The molecular formula is C20H22Cl2N2O2. The molecular weight excluding hydrogens is 371 g/mol. The van der Waals surface area contributed by atoms with E-state index in [0.717, 1.165) is 5.56 Å². The van der Waals surface area contributed by atoms with Gasteiger partial charge >= 0.3 is 0 Å². The first-order chi connectivity index (χ1) is 12.3. The second-order valence-electron chi connectivity index (χ2n) is 6.28. The first-order valence-corrected chi connectivity index (χ1v) is 9.12. The van der Waals surface area contributed by atoms with Crippen molar-refractivity contribution in [3.8, 4) is 0 Å². The number of hydrogen-bond donors (Lipinski definition) is 0. The Balaban J connectivity index is 2.24. The molecule has 2 aromatic rings. The Morgan fingerprint density at radius 1 is 1.00 bits per heavy atom. The summed E-state index contributed by atoms with van der Waals surface area (Å²) in [5.74, 6) is -0.430. The van der Waals surface area contributed by atoms with E-state index < -0.39 is 0 Å². The Morgan fingerprint density at radius 3 is 2.23 bits per heavy atom. The number of carbonyl (C=O) groups is 2. The summed E-state index contributed by atoms with van der Waals surface area (Å²) in [6.07, 6.45) is 0. The van der Waals surface area contributed by atoms with Crippen LogP contribution in [0.2, 0.25) is 10.0 Å². The van der Waals surface area contributed by atoms with Crippen LogP contribution in [-0.4, -0.2) is 29.3 Å². The number of benzene rings is 2. The quantitative estimate of drug-likeness (QED) is 0.709. The van der Waals surface area contributed by atoms with Crippen molar-refractivity contribution >= 4 is 40.7 Å². The smallest absolute Gasteiger partial charge is 0.243 e. The lowest BCUT2D eigenvalue weighted by Crippen LogP contribution is -2.45. The number of hydrogen-bond acceptors (Lipinski definition) is 2.